The Labute approximate surface area is 287 Å². The van der Waals surface area contributed by atoms with Crippen LogP contribution >= 0.6 is 0 Å². The lowest BCUT2D eigenvalue weighted by atomic mass is 9.87. The third-order valence-corrected chi connectivity index (χ3v) is 9.33. The van der Waals surface area contributed by atoms with E-state index in [4.69, 9.17) is 18.9 Å². The molecule has 2 N–H and O–H groups in total. The molecule has 1 aromatic heterocycles. The van der Waals surface area contributed by atoms with Crippen molar-refractivity contribution in [3.05, 3.63) is 83.4 Å². The predicted octanol–water partition coefficient (Wildman–Crippen LogP) is 6.24. The Bertz CT molecular complexity index is 1870. The van der Waals surface area contributed by atoms with Gasteiger partial charge in [0.15, 0.2) is 17.3 Å². The number of nitrogens with one attached hydrogen (secondary N) is 2. The maximum absolute atomic E-state index is 13.8. The molecule has 5 rings (SSSR count). The molecule has 1 aliphatic rings. The van der Waals surface area contributed by atoms with Crippen molar-refractivity contribution in [1.29, 1.82) is 0 Å². The van der Waals surface area contributed by atoms with Crippen LogP contribution in [0.4, 0.5) is 17.5 Å². The van der Waals surface area contributed by atoms with Gasteiger partial charge >= 0.3 is 0 Å². The second kappa shape index (κ2) is 15.1. The van der Waals surface area contributed by atoms with E-state index in [9.17, 15) is 13.2 Å². The Morgan fingerprint density at radius 3 is 2.20 bits per heavy atom. The molecule has 1 saturated heterocycles. The van der Waals surface area contributed by atoms with Gasteiger partial charge in [-0.15, -0.1) is 0 Å². The van der Waals surface area contributed by atoms with Crippen molar-refractivity contribution in [3.8, 4) is 23.1 Å². The average molecular weight is 690 g/mol. The molecular formula is C36H43N5O7S. The zero-order valence-electron chi connectivity index (χ0n) is 28.7. The van der Waals surface area contributed by atoms with Crippen molar-refractivity contribution in [2.75, 3.05) is 55.0 Å². The summed E-state index contributed by atoms with van der Waals surface area (Å²) in [6, 6.07) is 19.4. The highest BCUT2D eigenvalue weighted by Gasteiger charge is 2.28. The highest BCUT2D eigenvalue weighted by atomic mass is 32.2. The number of aryl methyl sites for hydroxylation is 2. The largest absolute Gasteiger partial charge is 0.493 e. The molecule has 2 heterocycles. The van der Waals surface area contributed by atoms with Crippen molar-refractivity contribution in [3.63, 3.8) is 0 Å². The highest BCUT2D eigenvalue weighted by Crippen LogP contribution is 2.42. The first-order valence-corrected chi connectivity index (χ1v) is 17.5. The van der Waals surface area contributed by atoms with Crippen molar-refractivity contribution >= 4 is 33.4 Å². The Hall–Kier alpha value is -4.88. The van der Waals surface area contributed by atoms with Crippen molar-refractivity contribution in [2.24, 2.45) is 0 Å². The van der Waals surface area contributed by atoms with Crippen molar-refractivity contribution < 1.29 is 32.2 Å². The topological polar surface area (TPSA) is 141 Å². The molecule has 12 nitrogen and oxygen atoms in total. The van der Waals surface area contributed by atoms with E-state index in [1.165, 1.54) is 7.11 Å². The number of nitrogens with zero attached hydrogens (tertiary/aromatic N) is 3. The molecule has 0 atom stereocenters. The van der Waals surface area contributed by atoms with Crippen LogP contribution in [0, 0.1) is 13.8 Å². The summed E-state index contributed by atoms with van der Waals surface area (Å²) in [5, 5.41) is 2.96. The predicted molar refractivity (Wildman–Crippen MR) is 189 cm³/mol. The van der Waals surface area contributed by atoms with Gasteiger partial charge in [-0.3, -0.25) is 9.52 Å². The minimum Gasteiger partial charge on any atom is -0.493 e. The maximum Gasteiger partial charge on any atom is 0.265 e. The number of sulfonamides is 1. The summed E-state index contributed by atoms with van der Waals surface area (Å²) in [6.07, 6.45) is -0.0139. The van der Waals surface area contributed by atoms with Crippen LogP contribution in [0.3, 0.4) is 0 Å². The lowest BCUT2D eigenvalue weighted by molar-refractivity contribution is -0.116. The zero-order valence-corrected chi connectivity index (χ0v) is 29.5. The fraction of sp³-hybridized carbons (Fsp3) is 0.361. The van der Waals surface area contributed by atoms with Crippen LogP contribution in [0.1, 0.15) is 43.9 Å². The Balaban J connectivity index is 1.52. The van der Waals surface area contributed by atoms with Crippen molar-refractivity contribution in [2.45, 2.75) is 51.3 Å². The van der Waals surface area contributed by atoms with E-state index < -0.39 is 10.0 Å². The second-order valence-corrected chi connectivity index (χ2v) is 14.3. The number of morpholine rings is 1. The summed E-state index contributed by atoms with van der Waals surface area (Å²) in [5.41, 5.74) is 3.46. The highest BCUT2D eigenvalue weighted by molar-refractivity contribution is 7.92. The van der Waals surface area contributed by atoms with E-state index in [2.05, 4.69) is 40.8 Å². The molecule has 260 valence electrons. The van der Waals surface area contributed by atoms with E-state index in [1.807, 2.05) is 36.9 Å². The summed E-state index contributed by atoms with van der Waals surface area (Å²) >= 11 is 0. The molecule has 0 spiro atoms. The molecule has 0 aliphatic carbocycles. The SMILES string of the molecule is COc1ccccc1Oc1c(NS(=O)(=O)c2ccc(C(C)(C)C)cc2)nc(N2CCOCC2)nc1OCCC(=O)Nc1c(C)cccc1C. The molecule has 1 aliphatic heterocycles. The summed E-state index contributed by atoms with van der Waals surface area (Å²) in [7, 11) is -2.66. The van der Waals surface area contributed by atoms with Crippen LogP contribution in [-0.2, 0) is 25.0 Å². The first kappa shape index (κ1) is 35.4. The molecule has 4 aromatic rings. The number of para-hydroxylation sites is 3. The Morgan fingerprint density at radius 2 is 1.57 bits per heavy atom. The minimum absolute atomic E-state index is 0.0139. The molecule has 13 heteroatoms. The zero-order chi connectivity index (χ0) is 35.2. The number of carbonyl (C=O) groups excluding carboxylic acids is 1. The van der Waals surface area contributed by atoms with Gasteiger partial charge in [0.25, 0.3) is 15.9 Å². The molecule has 1 fully saturated rings. The number of hydrogen-bond donors (Lipinski definition) is 2. The van der Waals surface area contributed by atoms with E-state index in [0.29, 0.717) is 32.1 Å². The second-order valence-electron chi connectivity index (χ2n) is 12.7. The molecule has 3 aromatic carbocycles. The number of rotatable bonds is 12. The number of carbonyl (C=O) groups is 1. The number of aromatic nitrogens is 2. The lowest BCUT2D eigenvalue weighted by Crippen LogP contribution is -2.37. The van der Waals surface area contributed by atoms with Gasteiger partial charge in [0, 0.05) is 18.8 Å². The summed E-state index contributed by atoms with van der Waals surface area (Å²) in [4.78, 5) is 24.2. The van der Waals surface area contributed by atoms with Crippen LogP contribution in [-0.4, -0.2) is 64.3 Å². The van der Waals surface area contributed by atoms with Crippen molar-refractivity contribution in [1.82, 2.24) is 9.97 Å². The van der Waals surface area contributed by atoms with Gasteiger partial charge in [-0.25, -0.2) is 8.42 Å². The smallest absolute Gasteiger partial charge is 0.265 e. The summed E-state index contributed by atoms with van der Waals surface area (Å²) in [5.74, 6) is 0.343. The number of benzene rings is 3. The monoisotopic (exact) mass is 689 g/mol. The van der Waals surface area contributed by atoms with Crippen LogP contribution in [0.25, 0.3) is 0 Å². The maximum atomic E-state index is 13.8. The van der Waals surface area contributed by atoms with Crippen LogP contribution in [0.2, 0.25) is 0 Å². The van der Waals surface area contributed by atoms with Gasteiger partial charge in [0.1, 0.15) is 0 Å². The number of methoxy groups -OCH3 is 1. The Morgan fingerprint density at radius 1 is 0.918 bits per heavy atom. The molecule has 49 heavy (non-hydrogen) atoms. The number of ether oxygens (including phenoxy) is 4. The molecule has 0 saturated carbocycles. The number of anilines is 3. The quantitative estimate of drug-likeness (QED) is 0.176. The average Bonchev–Trinajstić information content (AvgIpc) is 3.07. The fourth-order valence-electron chi connectivity index (χ4n) is 5.17. The molecule has 0 bridgehead atoms. The van der Waals surface area contributed by atoms with E-state index in [1.54, 1.807) is 48.5 Å². The standard InChI is InChI=1S/C36H43N5O7S/c1-24-10-9-11-25(2)31(24)37-30(42)18-21-47-34-32(48-29-13-8-7-12-28(29)45-6)33(38-35(39-34)41-19-22-46-23-20-41)40-49(43,44)27-16-14-26(15-17-27)36(3,4)5/h7-17H,18-23H2,1-6H3,(H,37,42)(H,38,39,40). The van der Waals surface area contributed by atoms with Crippen LogP contribution in [0.15, 0.2) is 71.6 Å². The molecule has 0 unspecified atom stereocenters. The lowest BCUT2D eigenvalue weighted by Gasteiger charge is -2.28. The first-order chi connectivity index (χ1) is 23.4. The van der Waals surface area contributed by atoms with Gasteiger partial charge in [0.05, 0.1) is 38.2 Å². The van der Waals surface area contributed by atoms with Gasteiger partial charge in [-0.2, -0.15) is 9.97 Å². The molecule has 1 amide bonds. The minimum atomic E-state index is -4.16. The fourth-order valence-corrected chi connectivity index (χ4v) is 6.17. The van der Waals surface area contributed by atoms with E-state index in [0.717, 1.165) is 22.4 Å². The normalized spacial score (nSPS) is 13.5. The third-order valence-electron chi connectivity index (χ3n) is 7.97. The number of amides is 1. The Kier molecular flexibility index (Phi) is 10.9. The molecule has 0 radical (unpaired) electrons. The van der Waals surface area contributed by atoms with E-state index >= 15 is 0 Å². The van der Waals surface area contributed by atoms with Gasteiger partial charge in [-0.05, 0) is 60.2 Å². The van der Waals surface area contributed by atoms with Crippen LogP contribution < -0.4 is 29.1 Å². The molecular weight excluding hydrogens is 646 g/mol. The first-order valence-electron chi connectivity index (χ1n) is 16.0. The number of hydrogen-bond acceptors (Lipinski definition) is 10. The summed E-state index contributed by atoms with van der Waals surface area (Å²) in [6.45, 7) is 11.8. The van der Waals surface area contributed by atoms with Gasteiger partial charge < -0.3 is 29.2 Å². The van der Waals surface area contributed by atoms with E-state index in [-0.39, 0.29) is 58.4 Å². The van der Waals surface area contributed by atoms with Gasteiger partial charge in [-0.1, -0.05) is 63.2 Å². The third kappa shape index (κ3) is 8.78. The summed E-state index contributed by atoms with van der Waals surface area (Å²) < 4.78 is 53.7. The van der Waals surface area contributed by atoms with Crippen LogP contribution in [0.5, 0.6) is 23.1 Å². The van der Waals surface area contributed by atoms with Gasteiger partial charge in [0.2, 0.25) is 17.6 Å².